The minimum Gasteiger partial charge on any atom is -0.496 e. The molecule has 1 atom stereocenters. The molecule has 31 heavy (non-hydrogen) atoms. The fourth-order valence-corrected chi connectivity index (χ4v) is 4.68. The summed E-state index contributed by atoms with van der Waals surface area (Å²) in [6, 6.07) is 10.2. The van der Waals surface area contributed by atoms with E-state index in [1.807, 2.05) is 35.7 Å². The molecular weight excluding hydrogens is 412 g/mol. The molecule has 4 rings (SSSR count). The Morgan fingerprint density at radius 2 is 1.97 bits per heavy atom. The van der Waals surface area contributed by atoms with Gasteiger partial charge in [-0.25, -0.2) is 4.98 Å². The van der Waals surface area contributed by atoms with Crippen molar-refractivity contribution in [3.05, 3.63) is 71.6 Å². The van der Waals surface area contributed by atoms with Gasteiger partial charge in [0, 0.05) is 24.0 Å². The molecule has 1 aliphatic rings. The van der Waals surface area contributed by atoms with Crippen LogP contribution >= 0.6 is 11.3 Å². The first-order valence-corrected chi connectivity index (χ1v) is 11.1. The fourth-order valence-electron chi connectivity index (χ4n) is 3.92. The summed E-state index contributed by atoms with van der Waals surface area (Å²) in [5, 5.41) is 5.68. The van der Waals surface area contributed by atoms with Crippen molar-refractivity contribution < 1.29 is 14.3 Å². The monoisotopic (exact) mass is 436 g/mol. The van der Waals surface area contributed by atoms with Crippen LogP contribution in [0, 0.1) is 0 Å². The number of carbonyl (C=O) groups excluding carboxylic acids is 2. The molecule has 160 valence electrons. The summed E-state index contributed by atoms with van der Waals surface area (Å²) in [7, 11) is 1.56. The topological polar surface area (TPSA) is 84.4 Å². The molecular formula is C23H24N4O3S. The van der Waals surface area contributed by atoms with E-state index in [0.29, 0.717) is 16.3 Å². The van der Waals surface area contributed by atoms with Gasteiger partial charge in [0.1, 0.15) is 17.5 Å². The molecule has 1 N–H and O–H groups in total. The molecule has 1 aliphatic carbocycles. The fraction of sp³-hybridized carbons (Fsp3) is 0.304. The van der Waals surface area contributed by atoms with Gasteiger partial charge in [-0.3, -0.25) is 19.5 Å². The van der Waals surface area contributed by atoms with Crippen LogP contribution in [0.1, 0.15) is 47.8 Å². The second kappa shape index (κ2) is 9.70. The smallest absolute Gasteiger partial charge is 0.280 e. The number of anilines is 1. The number of amides is 2. The molecule has 8 heteroatoms. The Morgan fingerprint density at radius 3 is 2.65 bits per heavy atom. The lowest BCUT2D eigenvalue weighted by molar-refractivity contribution is -0.123. The summed E-state index contributed by atoms with van der Waals surface area (Å²) in [6.45, 7) is 0. The average molecular weight is 437 g/mol. The number of aromatic nitrogens is 2. The number of thiophene rings is 1. The normalized spacial score (nSPS) is 14.7. The minimum absolute atomic E-state index is 0.113. The van der Waals surface area contributed by atoms with Crippen LogP contribution in [0.2, 0.25) is 0 Å². The molecule has 0 aliphatic heterocycles. The van der Waals surface area contributed by atoms with Gasteiger partial charge in [0.15, 0.2) is 0 Å². The summed E-state index contributed by atoms with van der Waals surface area (Å²) in [4.78, 5) is 37.0. The summed E-state index contributed by atoms with van der Waals surface area (Å²) < 4.78 is 5.56. The standard InChI is InChI=1S/C23H24N4O3S/c1-30-19-10-5-4-9-17(19)21(22(28)26-16-7-2-3-8-16)27(20-11-6-14-31-20)23(29)18-15-24-12-13-25-18/h4-6,9-16,21H,2-3,7-8H2,1H3,(H,26,28). The molecule has 3 aromatic rings. The van der Waals surface area contributed by atoms with E-state index in [0.717, 1.165) is 25.7 Å². The van der Waals surface area contributed by atoms with Crippen LogP contribution in [0.4, 0.5) is 5.00 Å². The van der Waals surface area contributed by atoms with Crippen molar-refractivity contribution in [1.29, 1.82) is 0 Å². The number of nitrogens with zero attached hydrogens (tertiary/aromatic N) is 3. The van der Waals surface area contributed by atoms with Gasteiger partial charge in [-0.05, 0) is 36.4 Å². The second-order valence-corrected chi connectivity index (χ2v) is 8.28. The van der Waals surface area contributed by atoms with Crippen LogP contribution in [0.25, 0.3) is 0 Å². The third-order valence-corrected chi connectivity index (χ3v) is 6.25. The van der Waals surface area contributed by atoms with Gasteiger partial charge >= 0.3 is 0 Å². The number of hydrogen-bond acceptors (Lipinski definition) is 6. The lowest BCUT2D eigenvalue weighted by Gasteiger charge is -2.31. The number of hydrogen-bond donors (Lipinski definition) is 1. The first-order chi connectivity index (χ1) is 15.2. The first kappa shape index (κ1) is 21.0. The van der Waals surface area contributed by atoms with Gasteiger partial charge in [-0.1, -0.05) is 31.0 Å². The molecule has 2 amide bonds. The van der Waals surface area contributed by atoms with Crippen molar-refractivity contribution in [2.45, 2.75) is 37.8 Å². The average Bonchev–Trinajstić information content (AvgIpc) is 3.52. The number of benzene rings is 1. The number of ether oxygens (including phenoxy) is 1. The lowest BCUT2D eigenvalue weighted by Crippen LogP contribution is -2.46. The highest BCUT2D eigenvalue weighted by Gasteiger charge is 2.37. The van der Waals surface area contributed by atoms with Gasteiger partial charge in [-0.15, -0.1) is 11.3 Å². The Balaban J connectivity index is 1.81. The van der Waals surface area contributed by atoms with E-state index >= 15 is 0 Å². The third-order valence-electron chi connectivity index (χ3n) is 5.39. The first-order valence-electron chi connectivity index (χ1n) is 10.3. The largest absolute Gasteiger partial charge is 0.496 e. The van der Waals surface area contributed by atoms with Gasteiger partial charge in [-0.2, -0.15) is 0 Å². The summed E-state index contributed by atoms with van der Waals surface area (Å²) >= 11 is 1.39. The number of carbonyl (C=O) groups is 2. The third kappa shape index (κ3) is 4.59. The zero-order valence-electron chi connectivity index (χ0n) is 17.2. The molecule has 2 aromatic heterocycles. The molecule has 1 unspecified atom stereocenters. The maximum Gasteiger partial charge on any atom is 0.280 e. The van der Waals surface area contributed by atoms with E-state index < -0.39 is 11.9 Å². The zero-order valence-corrected chi connectivity index (χ0v) is 18.0. The summed E-state index contributed by atoms with van der Waals surface area (Å²) in [5.74, 6) is -0.0855. The molecule has 0 radical (unpaired) electrons. The highest BCUT2D eigenvalue weighted by atomic mass is 32.1. The molecule has 1 aromatic carbocycles. The highest BCUT2D eigenvalue weighted by Crippen LogP contribution is 2.36. The summed E-state index contributed by atoms with van der Waals surface area (Å²) in [5.41, 5.74) is 0.788. The Bertz CT molecular complexity index is 1020. The zero-order chi connectivity index (χ0) is 21.6. The predicted octanol–water partition coefficient (Wildman–Crippen LogP) is 3.99. The molecule has 0 spiro atoms. The molecule has 0 saturated heterocycles. The minimum atomic E-state index is -0.912. The predicted molar refractivity (Wildman–Crippen MR) is 119 cm³/mol. The molecule has 0 bridgehead atoms. The van der Waals surface area contributed by atoms with Crippen molar-refractivity contribution in [1.82, 2.24) is 15.3 Å². The SMILES string of the molecule is COc1ccccc1C(C(=O)NC1CCCC1)N(C(=O)c1cnccn1)c1cccs1. The van der Waals surface area contributed by atoms with Gasteiger partial charge < -0.3 is 10.1 Å². The lowest BCUT2D eigenvalue weighted by atomic mass is 10.0. The maximum absolute atomic E-state index is 13.6. The number of nitrogens with one attached hydrogen (secondary N) is 1. The van der Waals surface area contributed by atoms with Crippen molar-refractivity contribution >= 4 is 28.2 Å². The molecule has 7 nitrogen and oxygen atoms in total. The number of rotatable bonds is 7. The van der Waals surface area contributed by atoms with Crippen LogP contribution in [0.5, 0.6) is 5.75 Å². The molecule has 2 heterocycles. The van der Waals surface area contributed by atoms with Crippen molar-refractivity contribution in [2.75, 3.05) is 12.0 Å². The van der Waals surface area contributed by atoms with Crippen LogP contribution in [-0.4, -0.2) is 34.9 Å². The highest BCUT2D eigenvalue weighted by molar-refractivity contribution is 7.14. The van der Waals surface area contributed by atoms with E-state index in [-0.39, 0.29) is 17.6 Å². The van der Waals surface area contributed by atoms with Crippen molar-refractivity contribution in [3.8, 4) is 5.75 Å². The van der Waals surface area contributed by atoms with Gasteiger partial charge in [0.05, 0.1) is 18.3 Å². The number of methoxy groups -OCH3 is 1. The van der Waals surface area contributed by atoms with E-state index in [1.165, 1.54) is 34.8 Å². The Hall–Kier alpha value is -3.26. The Labute approximate surface area is 185 Å². The van der Waals surface area contributed by atoms with E-state index in [9.17, 15) is 9.59 Å². The number of para-hydroxylation sites is 1. The Kier molecular flexibility index (Phi) is 6.57. The van der Waals surface area contributed by atoms with Crippen molar-refractivity contribution in [2.24, 2.45) is 0 Å². The van der Waals surface area contributed by atoms with Crippen LogP contribution in [0.3, 0.4) is 0 Å². The van der Waals surface area contributed by atoms with Crippen LogP contribution in [-0.2, 0) is 4.79 Å². The van der Waals surface area contributed by atoms with Crippen LogP contribution in [0.15, 0.2) is 60.4 Å². The summed E-state index contributed by atoms with van der Waals surface area (Å²) in [6.07, 6.45) is 8.47. The second-order valence-electron chi connectivity index (χ2n) is 7.35. The van der Waals surface area contributed by atoms with Crippen molar-refractivity contribution in [3.63, 3.8) is 0 Å². The Morgan fingerprint density at radius 1 is 1.16 bits per heavy atom. The van der Waals surface area contributed by atoms with Gasteiger partial charge in [0.25, 0.3) is 5.91 Å². The molecule has 1 fully saturated rings. The maximum atomic E-state index is 13.6. The van der Waals surface area contributed by atoms with Gasteiger partial charge in [0.2, 0.25) is 5.91 Å². The quantitative estimate of drug-likeness (QED) is 0.605. The van der Waals surface area contributed by atoms with Crippen LogP contribution < -0.4 is 15.0 Å². The van der Waals surface area contributed by atoms with E-state index in [2.05, 4.69) is 15.3 Å². The van der Waals surface area contributed by atoms with E-state index in [4.69, 9.17) is 4.74 Å². The van der Waals surface area contributed by atoms with E-state index in [1.54, 1.807) is 13.2 Å². The molecule has 1 saturated carbocycles.